The second-order valence-corrected chi connectivity index (χ2v) is 23.1. The van der Waals surface area contributed by atoms with Crippen molar-refractivity contribution in [2.75, 3.05) is 26.4 Å². The van der Waals surface area contributed by atoms with Gasteiger partial charge in [-0.25, -0.2) is 0 Å². The highest BCUT2D eigenvalue weighted by Gasteiger charge is 2.48. The fourth-order valence-corrected chi connectivity index (χ4v) is 8.63. The van der Waals surface area contributed by atoms with Gasteiger partial charge in [-0.1, -0.05) is 202 Å². The lowest BCUT2D eigenvalue weighted by Crippen LogP contribution is -2.59. The summed E-state index contributed by atoms with van der Waals surface area (Å²) in [4.78, 5) is 14.5. The summed E-state index contributed by atoms with van der Waals surface area (Å²) < 4.78 is 45.4. The molecule has 340 valence electrons. The van der Waals surface area contributed by atoms with Gasteiger partial charge in [-0.15, -0.1) is 0 Å². The van der Waals surface area contributed by atoms with Crippen LogP contribution in [0.25, 0.3) is 0 Å². The van der Waals surface area contributed by atoms with Gasteiger partial charge in [0.05, 0.1) is 45.7 Å². The smallest absolute Gasteiger partial charge is 0.198 e. The van der Waals surface area contributed by atoms with Gasteiger partial charge in [0.15, 0.2) is 26.5 Å². The van der Waals surface area contributed by atoms with Crippen molar-refractivity contribution in [3.63, 3.8) is 0 Å². The Labute approximate surface area is 370 Å². The normalized spacial score (nSPS) is 19.0. The summed E-state index contributed by atoms with van der Waals surface area (Å²) in [5.74, 6) is -0.229. The van der Waals surface area contributed by atoms with Crippen molar-refractivity contribution in [1.29, 1.82) is 0 Å². The first-order valence-electron chi connectivity index (χ1n) is 23.6. The van der Waals surface area contributed by atoms with Crippen molar-refractivity contribution in [3.05, 3.63) is 108 Å². The van der Waals surface area contributed by atoms with Crippen molar-refractivity contribution < 1.29 is 37.6 Å². The van der Waals surface area contributed by atoms with E-state index in [2.05, 4.69) is 40.8 Å². The molecule has 3 aromatic rings. The summed E-state index contributed by atoms with van der Waals surface area (Å²) in [6.45, 7) is 15.7. The molecule has 61 heavy (non-hydrogen) atoms. The van der Waals surface area contributed by atoms with Gasteiger partial charge >= 0.3 is 0 Å². The van der Waals surface area contributed by atoms with E-state index in [0.29, 0.717) is 19.8 Å². The Morgan fingerprint density at radius 3 is 1.52 bits per heavy atom. The Morgan fingerprint density at radius 1 is 0.574 bits per heavy atom. The molecule has 0 saturated carbocycles. The van der Waals surface area contributed by atoms with Crippen LogP contribution in [-0.2, 0) is 57.5 Å². The summed E-state index contributed by atoms with van der Waals surface area (Å²) in [6.07, 6.45) is 14.5. The summed E-state index contributed by atoms with van der Waals surface area (Å²) in [7, 11) is -2.21. The minimum Gasteiger partial charge on any atom is -0.409 e. The van der Waals surface area contributed by atoms with Crippen molar-refractivity contribution in [2.24, 2.45) is 0 Å². The fourth-order valence-electron chi connectivity index (χ4n) is 7.31. The molecule has 0 unspecified atom stereocenters. The van der Waals surface area contributed by atoms with Gasteiger partial charge in [-0.3, -0.25) is 4.79 Å². The van der Waals surface area contributed by atoms with E-state index in [0.717, 1.165) is 23.1 Å². The lowest BCUT2D eigenvalue weighted by atomic mass is 10.00. The third kappa shape index (κ3) is 19.7. The lowest BCUT2D eigenvalue weighted by molar-refractivity contribution is -0.276. The van der Waals surface area contributed by atoms with E-state index < -0.39 is 32.9 Å². The summed E-state index contributed by atoms with van der Waals surface area (Å²) >= 11 is 0. The first-order chi connectivity index (χ1) is 29.6. The summed E-state index contributed by atoms with van der Waals surface area (Å²) in [5, 5.41) is -0.0109. The predicted molar refractivity (Wildman–Crippen MR) is 249 cm³/mol. The van der Waals surface area contributed by atoms with Crippen LogP contribution in [0.4, 0.5) is 0 Å². The standard InChI is InChI=1S/C52H80O8Si/c1-7-8-9-10-11-12-13-14-15-16-17-18-19-29-36-54-40-46(60-61(5,6)52(2,3)4)41-58-51-50(57-39-45-34-27-22-28-35-45)48(53)49(56-38-44-32-25-21-26-33-44)47(59-51)42-55-37-43-30-23-20-24-31-43/h20-28,30-35,46-47,49-51H,7-19,29,36-42H2,1-6H3/t46-,47-,49+,50-,51-/m1/s1. The Kier molecular flexibility index (Phi) is 24.1. The van der Waals surface area contributed by atoms with Crippen molar-refractivity contribution in [2.45, 2.75) is 186 Å². The summed E-state index contributed by atoms with van der Waals surface area (Å²) in [5.41, 5.74) is 2.93. The summed E-state index contributed by atoms with van der Waals surface area (Å²) in [6, 6.07) is 29.6. The van der Waals surface area contributed by atoms with Crippen molar-refractivity contribution in [3.8, 4) is 0 Å². The van der Waals surface area contributed by atoms with E-state index in [1.807, 2.05) is 91.0 Å². The van der Waals surface area contributed by atoms with E-state index in [4.69, 9.17) is 32.8 Å². The molecule has 5 atom stereocenters. The Bertz CT molecular complexity index is 1550. The maximum absolute atomic E-state index is 14.5. The van der Waals surface area contributed by atoms with Gasteiger partial charge < -0.3 is 32.8 Å². The molecule has 1 aliphatic rings. The van der Waals surface area contributed by atoms with E-state index >= 15 is 0 Å². The second-order valence-electron chi connectivity index (χ2n) is 18.4. The van der Waals surface area contributed by atoms with Crippen LogP contribution in [0.1, 0.15) is 134 Å². The van der Waals surface area contributed by atoms with Crippen LogP contribution >= 0.6 is 0 Å². The predicted octanol–water partition coefficient (Wildman–Crippen LogP) is 12.6. The maximum atomic E-state index is 14.5. The molecule has 1 saturated heterocycles. The molecular formula is C52H80O8Si. The highest BCUT2D eigenvalue weighted by molar-refractivity contribution is 6.74. The Balaban J connectivity index is 1.36. The Hall–Kier alpha value is -2.73. The number of hydrogen-bond donors (Lipinski definition) is 0. The number of carbonyl (C=O) groups is 1. The molecule has 9 heteroatoms. The third-order valence-corrected chi connectivity index (χ3v) is 16.6. The zero-order valence-electron chi connectivity index (χ0n) is 38.7. The molecular weight excluding hydrogens is 781 g/mol. The molecule has 0 N–H and O–H groups in total. The minimum atomic E-state index is -2.21. The van der Waals surface area contributed by atoms with Crippen LogP contribution in [0, 0.1) is 0 Å². The number of carbonyl (C=O) groups excluding carboxylic acids is 1. The highest BCUT2D eigenvalue weighted by Crippen LogP contribution is 2.37. The Morgan fingerprint density at radius 2 is 1.03 bits per heavy atom. The van der Waals surface area contributed by atoms with Gasteiger partial charge in [-0.2, -0.15) is 0 Å². The van der Waals surface area contributed by atoms with E-state index in [1.54, 1.807) is 0 Å². The monoisotopic (exact) mass is 861 g/mol. The number of unbranched alkanes of at least 4 members (excludes halogenated alkanes) is 13. The molecule has 1 fully saturated rings. The number of ether oxygens (including phenoxy) is 6. The van der Waals surface area contributed by atoms with Crippen LogP contribution in [0.5, 0.6) is 0 Å². The van der Waals surface area contributed by atoms with Gasteiger partial charge in [0, 0.05) is 6.61 Å². The van der Waals surface area contributed by atoms with E-state index in [1.165, 1.54) is 83.5 Å². The molecule has 4 rings (SSSR count). The molecule has 1 heterocycles. The van der Waals surface area contributed by atoms with Crippen molar-refractivity contribution >= 4 is 14.1 Å². The number of ketones is 1. The molecule has 0 aliphatic carbocycles. The zero-order valence-corrected chi connectivity index (χ0v) is 39.7. The van der Waals surface area contributed by atoms with Crippen LogP contribution in [0.3, 0.4) is 0 Å². The first-order valence-corrected chi connectivity index (χ1v) is 26.5. The van der Waals surface area contributed by atoms with Gasteiger partial charge in [0.1, 0.15) is 12.2 Å². The van der Waals surface area contributed by atoms with Crippen LogP contribution in [0.15, 0.2) is 91.0 Å². The zero-order chi connectivity index (χ0) is 43.6. The quantitative estimate of drug-likeness (QED) is 0.0453. The molecule has 0 aromatic heterocycles. The lowest BCUT2D eigenvalue weighted by Gasteiger charge is -2.41. The van der Waals surface area contributed by atoms with E-state index in [9.17, 15) is 4.79 Å². The SMILES string of the molecule is CCCCCCCCCCCCCCCCOC[C@H](CO[C@@H]1O[C@H](COCc2ccccc2)[C@H](OCc2ccccc2)C(=O)[C@H]1OCc1ccccc1)O[Si](C)(C)C(C)(C)C. The fraction of sp³-hybridized carbons (Fsp3) is 0.635. The first kappa shape index (κ1) is 50.9. The third-order valence-electron chi connectivity index (χ3n) is 12.1. The second kappa shape index (κ2) is 28.9. The van der Waals surface area contributed by atoms with Crippen LogP contribution in [0.2, 0.25) is 18.1 Å². The number of Topliss-reactive ketones (excluding diaryl/α,β-unsaturated/α-hetero) is 1. The average molecular weight is 861 g/mol. The van der Waals surface area contributed by atoms with Gasteiger partial charge in [0.2, 0.25) is 0 Å². The largest absolute Gasteiger partial charge is 0.409 e. The van der Waals surface area contributed by atoms with Gasteiger partial charge in [0.25, 0.3) is 0 Å². The van der Waals surface area contributed by atoms with Crippen LogP contribution in [-0.4, -0.2) is 71.2 Å². The maximum Gasteiger partial charge on any atom is 0.198 e. The van der Waals surface area contributed by atoms with Crippen molar-refractivity contribution in [1.82, 2.24) is 0 Å². The highest BCUT2D eigenvalue weighted by atomic mass is 28.4. The molecule has 8 nitrogen and oxygen atoms in total. The molecule has 1 aliphatic heterocycles. The molecule has 0 bridgehead atoms. The topological polar surface area (TPSA) is 81.7 Å². The molecule has 0 spiro atoms. The molecule has 0 amide bonds. The number of benzene rings is 3. The van der Waals surface area contributed by atoms with Crippen LogP contribution < -0.4 is 0 Å². The number of hydrogen-bond acceptors (Lipinski definition) is 8. The minimum absolute atomic E-state index is 0.0109. The average Bonchev–Trinajstić information content (AvgIpc) is 3.25. The number of rotatable bonds is 32. The van der Waals surface area contributed by atoms with E-state index in [-0.39, 0.29) is 43.4 Å². The molecule has 0 radical (unpaired) electrons. The van der Waals surface area contributed by atoms with Gasteiger partial charge in [-0.05, 0) is 41.2 Å². The molecule has 3 aromatic carbocycles.